The second-order valence-electron chi connectivity index (χ2n) is 4.46. The van der Waals surface area contributed by atoms with Crippen LogP contribution in [0, 0.1) is 5.92 Å². The highest BCUT2D eigenvalue weighted by molar-refractivity contribution is 5.92. The fraction of sp³-hybridized carbons (Fsp3) is 0.455. The van der Waals surface area contributed by atoms with E-state index in [1.54, 1.807) is 0 Å². The maximum Gasteiger partial charge on any atom is 0.326 e. The molecule has 1 heterocycles. The molecule has 0 aliphatic heterocycles. The number of H-pyrrole nitrogens is 2. The van der Waals surface area contributed by atoms with Crippen LogP contribution >= 0.6 is 0 Å². The second-order valence-corrected chi connectivity index (χ2v) is 4.46. The molecule has 2 rings (SSSR count). The van der Waals surface area contributed by atoms with Crippen LogP contribution in [0.2, 0.25) is 0 Å². The molecular weight excluding hydrogens is 254 g/mol. The zero-order valence-electron chi connectivity index (χ0n) is 9.93. The van der Waals surface area contributed by atoms with Crippen LogP contribution in [0.4, 0.5) is 0 Å². The lowest BCUT2D eigenvalue weighted by Crippen LogP contribution is -2.41. The van der Waals surface area contributed by atoms with E-state index in [0.29, 0.717) is 19.3 Å². The Hall–Kier alpha value is -2.38. The van der Waals surface area contributed by atoms with Gasteiger partial charge in [0.25, 0.3) is 11.5 Å². The highest BCUT2D eigenvalue weighted by atomic mass is 16.4. The first kappa shape index (κ1) is 13.1. The molecule has 0 bridgehead atoms. The first-order chi connectivity index (χ1) is 8.97. The van der Waals surface area contributed by atoms with Crippen molar-refractivity contribution in [2.45, 2.75) is 25.3 Å². The van der Waals surface area contributed by atoms with E-state index in [9.17, 15) is 19.2 Å². The molecule has 102 valence electrons. The summed E-state index contributed by atoms with van der Waals surface area (Å²) >= 11 is 0. The standard InChI is InChI=1S/C11H13N3O5/c15-8-4-7(13-11(19)14-8)9(16)12-6-3-1-2-5(6)10(17)18/h4-6H,1-3H2,(H,12,16)(H,17,18)(H2,13,14,15,19). The van der Waals surface area contributed by atoms with Gasteiger partial charge in [-0.2, -0.15) is 0 Å². The van der Waals surface area contributed by atoms with Crippen molar-refractivity contribution >= 4 is 11.9 Å². The number of hydrogen-bond donors (Lipinski definition) is 4. The van der Waals surface area contributed by atoms with E-state index in [1.165, 1.54) is 0 Å². The molecular formula is C11H13N3O5. The number of carboxylic acid groups (broad SMARTS) is 1. The minimum Gasteiger partial charge on any atom is -0.481 e. The van der Waals surface area contributed by atoms with Crippen molar-refractivity contribution in [2.24, 2.45) is 5.92 Å². The average Bonchev–Trinajstić information content (AvgIpc) is 2.75. The zero-order chi connectivity index (χ0) is 14.0. The second kappa shape index (κ2) is 5.09. The number of rotatable bonds is 3. The van der Waals surface area contributed by atoms with E-state index in [2.05, 4.69) is 10.3 Å². The lowest BCUT2D eigenvalue weighted by molar-refractivity contribution is -0.142. The molecule has 8 nitrogen and oxygen atoms in total. The van der Waals surface area contributed by atoms with Gasteiger partial charge in [0.05, 0.1) is 5.92 Å². The Labute approximate surface area is 106 Å². The van der Waals surface area contributed by atoms with Gasteiger partial charge in [-0.15, -0.1) is 0 Å². The topological polar surface area (TPSA) is 132 Å². The van der Waals surface area contributed by atoms with Crippen LogP contribution in [0.3, 0.4) is 0 Å². The quantitative estimate of drug-likeness (QED) is 0.560. The smallest absolute Gasteiger partial charge is 0.326 e. The van der Waals surface area contributed by atoms with E-state index in [1.807, 2.05) is 4.98 Å². The third-order valence-electron chi connectivity index (χ3n) is 3.15. The molecule has 0 aromatic carbocycles. The lowest BCUT2D eigenvalue weighted by atomic mass is 10.0. The summed E-state index contributed by atoms with van der Waals surface area (Å²) in [6.07, 6.45) is 1.79. The third kappa shape index (κ3) is 2.90. The predicted octanol–water partition coefficient (Wildman–Crippen LogP) is -0.954. The van der Waals surface area contributed by atoms with Crippen molar-refractivity contribution in [3.8, 4) is 0 Å². The molecule has 1 aliphatic carbocycles. The number of carbonyl (C=O) groups is 2. The van der Waals surface area contributed by atoms with Crippen molar-refractivity contribution in [3.63, 3.8) is 0 Å². The number of aliphatic carboxylic acids is 1. The first-order valence-electron chi connectivity index (χ1n) is 5.84. The summed E-state index contributed by atoms with van der Waals surface area (Å²) in [7, 11) is 0. The van der Waals surface area contributed by atoms with Crippen LogP contribution in [0.15, 0.2) is 15.7 Å². The SMILES string of the molecule is O=C(NC1CCCC1C(=O)O)c1cc(=O)[nH]c(=O)[nH]1. The zero-order valence-corrected chi connectivity index (χ0v) is 9.93. The third-order valence-corrected chi connectivity index (χ3v) is 3.15. The van der Waals surface area contributed by atoms with Gasteiger partial charge in [0.2, 0.25) is 0 Å². The predicted molar refractivity (Wildman–Crippen MR) is 63.9 cm³/mol. The number of carbonyl (C=O) groups excluding carboxylic acids is 1. The summed E-state index contributed by atoms with van der Waals surface area (Å²) in [5.41, 5.74) is -1.64. The number of carboxylic acids is 1. The molecule has 1 amide bonds. The largest absolute Gasteiger partial charge is 0.481 e. The van der Waals surface area contributed by atoms with Crippen LogP contribution in [0.1, 0.15) is 29.8 Å². The Morgan fingerprint density at radius 2 is 2.00 bits per heavy atom. The molecule has 0 saturated heterocycles. The molecule has 1 aromatic heterocycles. The molecule has 2 atom stereocenters. The molecule has 1 saturated carbocycles. The summed E-state index contributed by atoms with van der Waals surface area (Å²) in [6.45, 7) is 0. The molecule has 0 radical (unpaired) electrons. The Morgan fingerprint density at radius 3 is 2.63 bits per heavy atom. The van der Waals surface area contributed by atoms with Crippen LogP contribution in [0.25, 0.3) is 0 Å². The summed E-state index contributed by atoms with van der Waals surface area (Å²) < 4.78 is 0. The van der Waals surface area contributed by atoms with Crippen molar-refractivity contribution < 1.29 is 14.7 Å². The Morgan fingerprint density at radius 1 is 1.26 bits per heavy atom. The van der Waals surface area contributed by atoms with E-state index in [-0.39, 0.29) is 5.69 Å². The van der Waals surface area contributed by atoms with Gasteiger partial charge in [0, 0.05) is 12.1 Å². The molecule has 2 unspecified atom stereocenters. The molecule has 0 spiro atoms. The molecule has 8 heteroatoms. The van der Waals surface area contributed by atoms with Gasteiger partial charge in [-0.25, -0.2) is 4.79 Å². The molecule has 1 aliphatic rings. The van der Waals surface area contributed by atoms with E-state index < -0.39 is 35.1 Å². The Kier molecular flexibility index (Phi) is 3.50. The summed E-state index contributed by atoms with van der Waals surface area (Å²) in [6, 6.07) is 0.481. The highest BCUT2D eigenvalue weighted by Crippen LogP contribution is 2.25. The number of hydrogen-bond acceptors (Lipinski definition) is 4. The van der Waals surface area contributed by atoms with E-state index in [4.69, 9.17) is 5.11 Å². The van der Waals surface area contributed by atoms with Gasteiger partial charge in [0.15, 0.2) is 0 Å². The fourth-order valence-corrected chi connectivity index (χ4v) is 2.27. The van der Waals surface area contributed by atoms with Crippen LogP contribution in [-0.4, -0.2) is 33.0 Å². The van der Waals surface area contributed by atoms with Crippen molar-refractivity contribution in [2.75, 3.05) is 0 Å². The number of aromatic amines is 2. The summed E-state index contributed by atoms with van der Waals surface area (Å²) in [4.78, 5) is 49.1. The van der Waals surface area contributed by atoms with Gasteiger partial charge in [-0.05, 0) is 12.8 Å². The van der Waals surface area contributed by atoms with Crippen LogP contribution in [0.5, 0.6) is 0 Å². The van der Waals surface area contributed by atoms with Gasteiger partial charge in [0.1, 0.15) is 5.69 Å². The first-order valence-corrected chi connectivity index (χ1v) is 5.84. The van der Waals surface area contributed by atoms with Gasteiger partial charge in [-0.3, -0.25) is 19.4 Å². The molecule has 1 fully saturated rings. The number of amides is 1. The molecule has 19 heavy (non-hydrogen) atoms. The lowest BCUT2D eigenvalue weighted by Gasteiger charge is -2.17. The monoisotopic (exact) mass is 267 g/mol. The minimum absolute atomic E-state index is 0.176. The van der Waals surface area contributed by atoms with Gasteiger partial charge >= 0.3 is 11.7 Å². The maximum atomic E-state index is 11.8. The summed E-state index contributed by atoms with van der Waals surface area (Å²) in [5, 5.41) is 11.5. The fourth-order valence-electron chi connectivity index (χ4n) is 2.27. The number of nitrogens with one attached hydrogen (secondary N) is 3. The van der Waals surface area contributed by atoms with Crippen molar-refractivity contribution in [1.82, 2.24) is 15.3 Å². The average molecular weight is 267 g/mol. The van der Waals surface area contributed by atoms with Gasteiger partial charge < -0.3 is 15.4 Å². The van der Waals surface area contributed by atoms with Gasteiger partial charge in [-0.1, -0.05) is 6.42 Å². The number of aromatic nitrogens is 2. The summed E-state index contributed by atoms with van der Waals surface area (Å²) in [5.74, 6) is -2.23. The highest BCUT2D eigenvalue weighted by Gasteiger charge is 2.34. The van der Waals surface area contributed by atoms with Crippen molar-refractivity contribution in [3.05, 3.63) is 32.6 Å². The van der Waals surface area contributed by atoms with Crippen molar-refractivity contribution in [1.29, 1.82) is 0 Å². The van der Waals surface area contributed by atoms with Crippen LogP contribution in [-0.2, 0) is 4.79 Å². The molecule has 1 aromatic rings. The normalized spacial score (nSPS) is 22.1. The Bertz CT molecular complexity index is 589. The molecule has 4 N–H and O–H groups in total. The maximum absolute atomic E-state index is 11.8. The van der Waals surface area contributed by atoms with Crippen LogP contribution < -0.4 is 16.6 Å². The van der Waals surface area contributed by atoms with E-state index >= 15 is 0 Å². The minimum atomic E-state index is -0.956. The Balaban J connectivity index is 2.15. The van der Waals surface area contributed by atoms with E-state index in [0.717, 1.165) is 6.07 Å².